The molecule has 0 saturated carbocycles. The van der Waals surface area contributed by atoms with Crippen LogP contribution in [0.2, 0.25) is 0 Å². The number of rotatable bonds is 5. The van der Waals surface area contributed by atoms with Gasteiger partial charge in [-0.1, -0.05) is 66.2 Å². The fraction of sp³-hybridized carbons (Fsp3) is 0.103. The van der Waals surface area contributed by atoms with Crippen LogP contribution in [0.15, 0.2) is 90.5 Å². The van der Waals surface area contributed by atoms with E-state index in [0.717, 1.165) is 39.3 Å². The molecule has 4 rings (SSSR count). The summed E-state index contributed by atoms with van der Waals surface area (Å²) in [5.41, 5.74) is 7.62. The van der Waals surface area contributed by atoms with Crippen LogP contribution >= 0.6 is 0 Å². The van der Waals surface area contributed by atoms with Gasteiger partial charge in [-0.3, -0.25) is 4.79 Å². The summed E-state index contributed by atoms with van der Waals surface area (Å²) in [4.78, 5) is 13.0. The van der Waals surface area contributed by atoms with Crippen molar-refractivity contribution in [3.05, 3.63) is 113 Å². The maximum absolute atomic E-state index is 13.0. The van der Waals surface area contributed by atoms with Crippen molar-refractivity contribution in [2.24, 2.45) is 0 Å². The molecule has 1 heterocycles. The molecule has 1 amide bonds. The summed E-state index contributed by atoms with van der Waals surface area (Å²) >= 11 is 0. The van der Waals surface area contributed by atoms with Crippen LogP contribution in [-0.4, -0.2) is 10.5 Å². The number of aromatic nitrogens is 1. The molecule has 3 aromatic carbocycles. The lowest BCUT2D eigenvalue weighted by atomic mass is 10.0. The van der Waals surface area contributed by atoms with Crippen LogP contribution in [-0.2, 0) is 4.79 Å². The van der Waals surface area contributed by atoms with Gasteiger partial charge in [-0.05, 0) is 62.2 Å². The summed E-state index contributed by atoms with van der Waals surface area (Å²) in [5.74, 6) is -0.423. The molecule has 0 saturated heterocycles. The number of nitrogens with zero attached hydrogens (tertiary/aromatic N) is 2. The van der Waals surface area contributed by atoms with Crippen LogP contribution in [0.3, 0.4) is 0 Å². The van der Waals surface area contributed by atoms with Gasteiger partial charge in [-0.15, -0.1) is 0 Å². The summed E-state index contributed by atoms with van der Waals surface area (Å²) in [6.07, 6.45) is 1.67. The Morgan fingerprint density at radius 3 is 2.21 bits per heavy atom. The first-order valence-corrected chi connectivity index (χ1v) is 10.8. The summed E-state index contributed by atoms with van der Waals surface area (Å²) in [6.45, 7) is 5.97. The molecule has 1 N–H and O–H groups in total. The Balaban J connectivity index is 1.81. The molecule has 0 aliphatic rings. The zero-order chi connectivity index (χ0) is 23.4. The van der Waals surface area contributed by atoms with E-state index in [4.69, 9.17) is 0 Å². The molecule has 0 radical (unpaired) electrons. The van der Waals surface area contributed by atoms with Crippen molar-refractivity contribution >= 4 is 17.7 Å². The second kappa shape index (κ2) is 9.42. The molecule has 4 aromatic rings. The minimum atomic E-state index is -0.423. The van der Waals surface area contributed by atoms with E-state index < -0.39 is 5.91 Å². The number of anilines is 1. The molecule has 0 bridgehead atoms. The van der Waals surface area contributed by atoms with Crippen LogP contribution in [0.1, 0.15) is 22.4 Å². The first kappa shape index (κ1) is 21.9. The number of para-hydroxylation sites is 1. The van der Waals surface area contributed by atoms with Crippen LogP contribution in [0.4, 0.5) is 5.69 Å². The maximum Gasteiger partial charge on any atom is 0.266 e. The molecule has 4 nitrogen and oxygen atoms in total. The molecule has 0 unspecified atom stereocenters. The highest BCUT2D eigenvalue weighted by Crippen LogP contribution is 2.32. The number of amides is 1. The summed E-state index contributed by atoms with van der Waals surface area (Å²) < 4.78 is 2.15. The largest absolute Gasteiger partial charge is 0.321 e. The zero-order valence-electron chi connectivity index (χ0n) is 19.0. The Morgan fingerprint density at radius 1 is 0.909 bits per heavy atom. The van der Waals surface area contributed by atoms with Gasteiger partial charge in [0.1, 0.15) is 11.6 Å². The number of nitrogens with one attached hydrogen (secondary N) is 1. The minimum Gasteiger partial charge on any atom is -0.321 e. The van der Waals surface area contributed by atoms with Gasteiger partial charge in [0.25, 0.3) is 5.91 Å². The van der Waals surface area contributed by atoms with Gasteiger partial charge in [-0.2, -0.15) is 5.26 Å². The molecule has 0 aliphatic heterocycles. The van der Waals surface area contributed by atoms with E-state index in [9.17, 15) is 10.1 Å². The minimum absolute atomic E-state index is 0.0531. The van der Waals surface area contributed by atoms with Crippen LogP contribution in [0.25, 0.3) is 23.0 Å². The maximum atomic E-state index is 13.0. The standard InChI is InChI=1S/C29H25N3O/c1-20-14-15-27(21(2)16-20)31-29(33)25(19-30)18-24-17-22(3)32(26-12-8-5-9-13-26)28(24)23-10-6-4-7-11-23/h4-18H,1-3H3,(H,31,33)/b25-18-. The molecule has 0 aliphatic carbocycles. The quantitative estimate of drug-likeness (QED) is 0.285. The first-order valence-electron chi connectivity index (χ1n) is 10.8. The van der Waals surface area contributed by atoms with Crippen molar-refractivity contribution in [1.82, 2.24) is 4.57 Å². The van der Waals surface area contributed by atoms with E-state index >= 15 is 0 Å². The second-order valence-electron chi connectivity index (χ2n) is 8.07. The van der Waals surface area contributed by atoms with Gasteiger partial charge >= 0.3 is 0 Å². The van der Waals surface area contributed by atoms with E-state index in [2.05, 4.69) is 16.0 Å². The van der Waals surface area contributed by atoms with Gasteiger partial charge < -0.3 is 9.88 Å². The Hall–Kier alpha value is -4.36. The normalized spacial score (nSPS) is 11.2. The van der Waals surface area contributed by atoms with Crippen LogP contribution < -0.4 is 5.32 Å². The predicted molar refractivity (Wildman–Crippen MR) is 134 cm³/mol. The molecule has 0 atom stereocenters. The Bertz CT molecular complexity index is 1370. The smallest absolute Gasteiger partial charge is 0.266 e. The number of hydrogen-bond donors (Lipinski definition) is 1. The van der Waals surface area contributed by atoms with Crippen molar-refractivity contribution in [2.75, 3.05) is 5.32 Å². The van der Waals surface area contributed by atoms with Gasteiger partial charge in [0.2, 0.25) is 0 Å². The third-order valence-corrected chi connectivity index (χ3v) is 5.57. The molecule has 0 fully saturated rings. The van der Waals surface area contributed by atoms with Crippen molar-refractivity contribution in [2.45, 2.75) is 20.8 Å². The molecule has 33 heavy (non-hydrogen) atoms. The van der Waals surface area contributed by atoms with Gasteiger partial charge in [-0.25, -0.2) is 0 Å². The fourth-order valence-corrected chi connectivity index (χ4v) is 4.02. The zero-order valence-corrected chi connectivity index (χ0v) is 19.0. The van der Waals surface area contributed by atoms with Crippen LogP contribution in [0, 0.1) is 32.1 Å². The number of carbonyl (C=O) groups excluding carboxylic acids is 1. The summed E-state index contributed by atoms with van der Waals surface area (Å²) in [6, 6.07) is 30.0. The second-order valence-corrected chi connectivity index (χ2v) is 8.07. The summed E-state index contributed by atoms with van der Waals surface area (Å²) in [5, 5.41) is 12.7. The van der Waals surface area contributed by atoms with E-state index in [1.54, 1.807) is 6.08 Å². The highest BCUT2D eigenvalue weighted by molar-refractivity contribution is 6.10. The Kier molecular flexibility index (Phi) is 6.24. The van der Waals surface area contributed by atoms with Crippen molar-refractivity contribution in [3.63, 3.8) is 0 Å². The first-order chi connectivity index (χ1) is 16.0. The number of aryl methyl sites for hydroxylation is 3. The lowest BCUT2D eigenvalue weighted by Gasteiger charge is -2.13. The van der Waals surface area contributed by atoms with Gasteiger partial charge in [0.15, 0.2) is 0 Å². The molecular formula is C29H25N3O. The molecule has 0 spiro atoms. The van der Waals surface area contributed by atoms with E-state index in [1.165, 1.54) is 0 Å². The van der Waals surface area contributed by atoms with Crippen molar-refractivity contribution in [3.8, 4) is 23.0 Å². The number of benzene rings is 3. The van der Waals surface area contributed by atoms with E-state index in [1.807, 2.05) is 106 Å². The fourth-order valence-electron chi connectivity index (χ4n) is 4.02. The Labute approximate surface area is 194 Å². The lowest BCUT2D eigenvalue weighted by molar-refractivity contribution is -0.112. The Morgan fingerprint density at radius 2 is 1.58 bits per heavy atom. The highest BCUT2D eigenvalue weighted by atomic mass is 16.1. The average molecular weight is 432 g/mol. The van der Waals surface area contributed by atoms with Gasteiger partial charge in [0, 0.05) is 22.6 Å². The number of nitriles is 1. The summed E-state index contributed by atoms with van der Waals surface area (Å²) in [7, 11) is 0. The predicted octanol–water partition coefficient (Wildman–Crippen LogP) is 6.62. The van der Waals surface area contributed by atoms with Gasteiger partial charge in [0.05, 0.1) is 5.69 Å². The molecule has 1 aromatic heterocycles. The average Bonchev–Trinajstić information content (AvgIpc) is 3.15. The van der Waals surface area contributed by atoms with Crippen LogP contribution in [0.5, 0.6) is 0 Å². The topological polar surface area (TPSA) is 57.8 Å². The number of hydrogen-bond acceptors (Lipinski definition) is 2. The van der Waals surface area contributed by atoms with E-state index in [-0.39, 0.29) is 5.57 Å². The van der Waals surface area contributed by atoms with Crippen molar-refractivity contribution in [1.29, 1.82) is 5.26 Å². The molecule has 4 heteroatoms. The SMILES string of the molecule is Cc1ccc(NC(=O)/C(C#N)=C\c2cc(C)n(-c3ccccc3)c2-c2ccccc2)c(C)c1. The lowest BCUT2D eigenvalue weighted by Crippen LogP contribution is -2.14. The monoisotopic (exact) mass is 431 g/mol. The number of carbonyl (C=O) groups is 1. The molecular weight excluding hydrogens is 406 g/mol. The van der Waals surface area contributed by atoms with E-state index in [0.29, 0.717) is 5.69 Å². The highest BCUT2D eigenvalue weighted by Gasteiger charge is 2.18. The van der Waals surface area contributed by atoms with Crippen molar-refractivity contribution < 1.29 is 4.79 Å². The third kappa shape index (κ3) is 4.63. The third-order valence-electron chi connectivity index (χ3n) is 5.57. The molecule has 162 valence electrons.